The van der Waals surface area contributed by atoms with Gasteiger partial charge in [-0.05, 0) is 12.1 Å². The van der Waals surface area contributed by atoms with Gasteiger partial charge in [0.2, 0.25) is 0 Å². The SMILES string of the molecule is O=C(O)/C=C/C(=O)On1c(=O)ccc2ccccc21. The molecule has 1 aromatic heterocycles. The number of pyridine rings is 1. The van der Waals surface area contributed by atoms with Crippen molar-refractivity contribution in [2.75, 3.05) is 0 Å². The quantitative estimate of drug-likeness (QED) is 0.816. The van der Waals surface area contributed by atoms with Crippen molar-refractivity contribution in [3.63, 3.8) is 0 Å². The minimum atomic E-state index is -1.28. The van der Waals surface area contributed by atoms with E-state index in [0.29, 0.717) is 11.6 Å². The summed E-state index contributed by atoms with van der Waals surface area (Å²) in [5.41, 5.74) is -0.0946. The number of aromatic nitrogens is 1. The first-order chi connectivity index (χ1) is 9.08. The number of nitrogens with zero attached hydrogens (tertiary/aromatic N) is 1. The maximum Gasteiger partial charge on any atom is 0.356 e. The van der Waals surface area contributed by atoms with Crippen molar-refractivity contribution in [1.29, 1.82) is 0 Å². The third-order valence-electron chi connectivity index (χ3n) is 2.30. The number of rotatable bonds is 3. The number of hydrogen-bond acceptors (Lipinski definition) is 4. The summed E-state index contributed by atoms with van der Waals surface area (Å²) < 4.78 is 0.823. The number of carboxylic acid groups (broad SMARTS) is 1. The molecule has 96 valence electrons. The summed E-state index contributed by atoms with van der Waals surface area (Å²) in [6, 6.07) is 9.71. The Morgan fingerprint density at radius 1 is 1.11 bits per heavy atom. The highest BCUT2D eigenvalue weighted by Crippen LogP contribution is 2.09. The van der Waals surface area contributed by atoms with Gasteiger partial charge in [0.05, 0.1) is 5.52 Å². The first kappa shape index (κ1) is 12.6. The molecule has 0 saturated heterocycles. The molecule has 0 amide bonds. The summed E-state index contributed by atoms with van der Waals surface area (Å²) in [7, 11) is 0. The highest BCUT2D eigenvalue weighted by atomic mass is 16.7. The predicted molar refractivity (Wildman–Crippen MR) is 66.6 cm³/mol. The molecule has 0 aliphatic rings. The molecule has 0 aliphatic heterocycles. The molecule has 0 fully saturated rings. The van der Waals surface area contributed by atoms with E-state index >= 15 is 0 Å². The molecule has 0 saturated carbocycles. The number of para-hydroxylation sites is 1. The van der Waals surface area contributed by atoms with E-state index in [4.69, 9.17) is 9.94 Å². The Hall–Kier alpha value is -2.89. The van der Waals surface area contributed by atoms with Crippen LogP contribution in [0.2, 0.25) is 0 Å². The van der Waals surface area contributed by atoms with Crippen molar-refractivity contribution in [2.45, 2.75) is 0 Å². The number of aliphatic carboxylic acids is 1. The molecule has 0 spiro atoms. The average Bonchev–Trinajstić information content (AvgIpc) is 2.40. The second-order valence-corrected chi connectivity index (χ2v) is 3.61. The Labute approximate surface area is 107 Å². The highest BCUT2D eigenvalue weighted by molar-refractivity contribution is 5.91. The maximum atomic E-state index is 11.7. The fraction of sp³-hybridized carbons (Fsp3) is 0. The van der Waals surface area contributed by atoms with Crippen LogP contribution in [0.1, 0.15) is 0 Å². The van der Waals surface area contributed by atoms with Gasteiger partial charge in [-0.3, -0.25) is 4.79 Å². The summed E-state index contributed by atoms with van der Waals surface area (Å²) in [5.74, 6) is -2.22. The summed E-state index contributed by atoms with van der Waals surface area (Å²) in [6.45, 7) is 0. The Kier molecular flexibility index (Phi) is 3.42. The van der Waals surface area contributed by atoms with Gasteiger partial charge < -0.3 is 9.94 Å². The van der Waals surface area contributed by atoms with Crippen LogP contribution in [-0.2, 0) is 9.59 Å². The van der Waals surface area contributed by atoms with Gasteiger partial charge in [-0.2, -0.15) is 0 Å². The molecule has 0 aliphatic carbocycles. The topological polar surface area (TPSA) is 85.6 Å². The van der Waals surface area contributed by atoms with Crippen molar-refractivity contribution >= 4 is 22.8 Å². The van der Waals surface area contributed by atoms with Crippen LogP contribution in [0.3, 0.4) is 0 Å². The molecule has 0 atom stereocenters. The predicted octanol–water partition coefficient (Wildman–Crippen LogP) is 0.597. The Morgan fingerprint density at radius 2 is 1.84 bits per heavy atom. The maximum absolute atomic E-state index is 11.7. The molecule has 2 aromatic rings. The van der Waals surface area contributed by atoms with Crippen LogP contribution < -0.4 is 10.4 Å². The van der Waals surface area contributed by atoms with E-state index in [1.54, 1.807) is 30.3 Å². The molecule has 1 aromatic carbocycles. The van der Waals surface area contributed by atoms with Gasteiger partial charge in [-0.1, -0.05) is 18.2 Å². The fourth-order valence-corrected chi connectivity index (χ4v) is 1.51. The van der Waals surface area contributed by atoms with Crippen LogP contribution in [-0.4, -0.2) is 21.8 Å². The van der Waals surface area contributed by atoms with E-state index in [1.165, 1.54) is 6.07 Å². The zero-order valence-electron chi connectivity index (χ0n) is 9.65. The molecular weight excluding hydrogens is 250 g/mol. The van der Waals surface area contributed by atoms with Crippen molar-refractivity contribution < 1.29 is 19.5 Å². The monoisotopic (exact) mass is 259 g/mol. The minimum absolute atomic E-state index is 0.423. The zero-order valence-corrected chi connectivity index (χ0v) is 9.65. The fourth-order valence-electron chi connectivity index (χ4n) is 1.51. The molecular formula is C13H9NO5. The Balaban J connectivity index is 2.40. The summed E-state index contributed by atoms with van der Waals surface area (Å²) >= 11 is 0. The van der Waals surface area contributed by atoms with Gasteiger partial charge in [0, 0.05) is 23.6 Å². The lowest BCUT2D eigenvalue weighted by Gasteiger charge is -2.07. The van der Waals surface area contributed by atoms with Gasteiger partial charge in [0.1, 0.15) is 0 Å². The second kappa shape index (κ2) is 5.18. The number of carbonyl (C=O) groups is 2. The third-order valence-corrected chi connectivity index (χ3v) is 2.30. The molecule has 0 bridgehead atoms. The first-order valence-electron chi connectivity index (χ1n) is 5.32. The van der Waals surface area contributed by atoms with E-state index in [1.807, 2.05) is 0 Å². The van der Waals surface area contributed by atoms with Crippen LogP contribution in [0.25, 0.3) is 10.9 Å². The van der Waals surface area contributed by atoms with Crippen molar-refractivity contribution in [3.8, 4) is 0 Å². The van der Waals surface area contributed by atoms with Gasteiger partial charge in [-0.15, -0.1) is 4.73 Å². The second-order valence-electron chi connectivity index (χ2n) is 3.61. The summed E-state index contributed by atoms with van der Waals surface area (Å²) in [5, 5.41) is 9.11. The van der Waals surface area contributed by atoms with Gasteiger partial charge in [0.25, 0.3) is 5.56 Å². The molecule has 19 heavy (non-hydrogen) atoms. The molecule has 2 rings (SSSR count). The van der Waals surface area contributed by atoms with E-state index in [9.17, 15) is 14.4 Å². The number of carbonyl (C=O) groups excluding carboxylic acids is 1. The third kappa shape index (κ3) is 2.86. The van der Waals surface area contributed by atoms with Gasteiger partial charge in [0.15, 0.2) is 0 Å². The minimum Gasteiger partial charge on any atom is -0.478 e. The normalized spacial score (nSPS) is 10.7. The molecule has 1 heterocycles. The van der Waals surface area contributed by atoms with Crippen LogP contribution >= 0.6 is 0 Å². The number of fused-ring (bicyclic) bond motifs is 1. The lowest BCUT2D eigenvalue weighted by atomic mass is 10.2. The molecule has 0 radical (unpaired) electrons. The molecule has 6 heteroatoms. The average molecular weight is 259 g/mol. The Bertz CT molecular complexity index is 729. The van der Waals surface area contributed by atoms with Crippen molar-refractivity contribution in [3.05, 3.63) is 58.9 Å². The first-order valence-corrected chi connectivity index (χ1v) is 5.32. The lowest BCUT2D eigenvalue weighted by molar-refractivity contribution is -0.139. The number of carboxylic acids is 1. The largest absolute Gasteiger partial charge is 0.478 e. The zero-order chi connectivity index (χ0) is 13.8. The van der Waals surface area contributed by atoms with Crippen LogP contribution in [0.4, 0.5) is 0 Å². The highest BCUT2D eigenvalue weighted by Gasteiger charge is 2.07. The summed E-state index contributed by atoms with van der Waals surface area (Å²) in [4.78, 5) is 38.1. The lowest BCUT2D eigenvalue weighted by Crippen LogP contribution is -2.29. The van der Waals surface area contributed by atoms with E-state index in [2.05, 4.69) is 0 Å². The standard InChI is InChI=1S/C13H9NO5/c15-11-6-5-9-3-1-2-4-10(9)14(11)19-13(18)8-7-12(16)17/h1-8H,(H,16,17)/b8-7+. The van der Waals surface area contributed by atoms with Crippen LogP contribution in [0.15, 0.2) is 53.3 Å². The van der Waals surface area contributed by atoms with Crippen LogP contribution in [0.5, 0.6) is 0 Å². The molecule has 0 unspecified atom stereocenters. The number of benzene rings is 1. The smallest absolute Gasteiger partial charge is 0.356 e. The van der Waals surface area contributed by atoms with Crippen molar-refractivity contribution in [2.24, 2.45) is 0 Å². The number of hydrogen-bond donors (Lipinski definition) is 1. The summed E-state index contributed by atoms with van der Waals surface area (Å²) in [6.07, 6.45) is 1.37. The Morgan fingerprint density at radius 3 is 2.58 bits per heavy atom. The van der Waals surface area contributed by atoms with E-state index in [-0.39, 0.29) is 0 Å². The molecule has 1 N–H and O–H groups in total. The van der Waals surface area contributed by atoms with Gasteiger partial charge >= 0.3 is 11.9 Å². The van der Waals surface area contributed by atoms with E-state index < -0.39 is 17.5 Å². The van der Waals surface area contributed by atoms with Crippen LogP contribution in [0, 0.1) is 0 Å². The van der Waals surface area contributed by atoms with Crippen molar-refractivity contribution in [1.82, 2.24) is 4.73 Å². The molecule has 6 nitrogen and oxygen atoms in total. The van der Waals surface area contributed by atoms with Gasteiger partial charge in [-0.25, -0.2) is 9.59 Å². The van der Waals surface area contributed by atoms with E-state index in [0.717, 1.165) is 16.2 Å².